The number of benzene rings is 2. The SMILES string of the molecule is O[C@@H]1[C@H]2O[C@@H](c3ccccc3)O[C@@H]2O[C@H]2CO[C@@H](c3ccccc3)O[C@@H]12. The van der Waals surface area contributed by atoms with E-state index in [9.17, 15) is 5.11 Å². The first-order chi connectivity index (χ1) is 12.8. The number of rotatable bonds is 2. The molecule has 0 amide bonds. The van der Waals surface area contributed by atoms with Crippen molar-refractivity contribution in [3.63, 3.8) is 0 Å². The molecule has 2 aromatic carbocycles. The molecule has 5 rings (SSSR count). The van der Waals surface area contributed by atoms with Gasteiger partial charge in [0.1, 0.15) is 24.4 Å². The van der Waals surface area contributed by atoms with Crippen molar-refractivity contribution >= 4 is 0 Å². The van der Waals surface area contributed by atoms with Crippen LogP contribution in [-0.4, -0.2) is 42.4 Å². The van der Waals surface area contributed by atoms with Crippen molar-refractivity contribution in [1.29, 1.82) is 0 Å². The zero-order valence-electron chi connectivity index (χ0n) is 14.0. The molecule has 26 heavy (non-hydrogen) atoms. The zero-order valence-corrected chi connectivity index (χ0v) is 14.0. The molecule has 3 saturated heterocycles. The fraction of sp³-hybridized carbons (Fsp3) is 0.400. The van der Waals surface area contributed by atoms with E-state index >= 15 is 0 Å². The number of aliphatic hydroxyl groups excluding tert-OH is 1. The summed E-state index contributed by atoms with van der Waals surface area (Å²) in [5.41, 5.74) is 1.80. The summed E-state index contributed by atoms with van der Waals surface area (Å²) in [6.07, 6.45) is -4.13. The fourth-order valence-corrected chi connectivity index (χ4v) is 3.66. The highest BCUT2D eigenvalue weighted by molar-refractivity contribution is 5.18. The Morgan fingerprint density at radius 1 is 0.692 bits per heavy atom. The topological polar surface area (TPSA) is 66.4 Å². The highest BCUT2D eigenvalue weighted by atomic mass is 16.8. The van der Waals surface area contributed by atoms with Gasteiger partial charge in [-0.15, -0.1) is 0 Å². The molecular formula is C20H20O6. The Labute approximate surface area is 151 Å². The van der Waals surface area contributed by atoms with Crippen LogP contribution in [0, 0.1) is 0 Å². The molecule has 3 aliphatic heterocycles. The third-order valence-electron chi connectivity index (χ3n) is 4.99. The third kappa shape index (κ3) is 2.85. The average molecular weight is 356 g/mol. The largest absolute Gasteiger partial charge is 0.387 e. The Bertz CT molecular complexity index is 701. The maximum Gasteiger partial charge on any atom is 0.190 e. The Morgan fingerprint density at radius 2 is 1.31 bits per heavy atom. The molecule has 3 fully saturated rings. The van der Waals surface area contributed by atoms with E-state index in [4.69, 9.17) is 23.7 Å². The Morgan fingerprint density at radius 3 is 2.00 bits per heavy atom. The van der Waals surface area contributed by atoms with Crippen molar-refractivity contribution in [3.05, 3.63) is 71.8 Å². The average Bonchev–Trinajstić information content (AvgIpc) is 3.14. The van der Waals surface area contributed by atoms with E-state index in [0.717, 1.165) is 11.1 Å². The van der Waals surface area contributed by atoms with Crippen LogP contribution in [0.2, 0.25) is 0 Å². The Balaban J connectivity index is 1.33. The number of aliphatic hydroxyl groups is 1. The van der Waals surface area contributed by atoms with E-state index in [0.29, 0.717) is 6.61 Å². The van der Waals surface area contributed by atoms with Crippen molar-refractivity contribution in [2.75, 3.05) is 6.61 Å². The first kappa shape index (κ1) is 16.4. The first-order valence-corrected chi connectivity index (χ1v) is 8.81. The van der Waals surface area contributed by atoms with Crippen molar-refractivity contribution < 1.29 is 28.8 Å². The molecule has 1 N–H and O–H groups in total. The highest BCUT2D eigenvalue weighted by Gasteiger charge is 2.54. The van der Waals surface area contributed by atoms with Gasteiger partial charge in [-0.3, -0.25) is 0 Å². The van der Waals surface area contributed by atoms with Crippen molar-refractivity contribution in [1.82, 2.24) is 0 Å². The molecule has 2 aromatic rings. The summed E-state index contributed by atoms with van der Waals surface area (Å²) in [4.78, 5) is 0. The van der Waals surface area contributed by atoms with E-state index < -0.39 is 43.3 Å². The molecule has 3 aliphatic rings. The normalized spacial score (nSPS) is 39.2. The molecule has 6 nitrogen and oxygen atoms in total. The molecule has 0 aliphatic carbocycles. The van der Waals surface area contributed by atoms with Gasteiger partial charge in [-0.05, 0) is 0 Å². The van der Waals surface area contributed by atoms with E-state index in [1.54, 1.807) is 0 Å². The molecule has 0 spiro atoms. The van der Waals surface area contributed by atoms with E-state index in [1.165, 1.54) is 0 Å². The van der Waals surface area contributed by atoms with Gasteiger partial charge in [0.2, 0.25) is 0 Å². The molecular weight excluding hydrogens is 336 g/mol. The van der Waals surface area contributed by atoms with Gasteiger partial charge in [-0.25, -0.2) is 0 Å². The molecule has 0 radical (unpaired) electrons. The van der Waals surface area contributed by atoms with Crippen LogP contribution in [0.15, 0.2) is 60.7 Å². The van der Waals surface area contributed by atoms with Crippen molar-refractivity contribution in [3.8, 4) is 0 Å². The van der Waals surface area contributed by atoms with Gasteiger partial charge in [-0.1, -0.05) is 60.7 Å². The predicted octanol–water partition coefficient (Wildman–Crippen LogP) is 2.30. The molecule has 136 valence electrons. The van der Waals surface area contributed by atoms with Crippen LogP contribution in [0.4, 0.5) is 0 Å². The molecule has 7 atom stereocenters. The van der Waals surface area contributed by atoms with Crippen LogP contribution in [0.5, 0.6) is 0 Å². The number of hydrogen-bond donors (Lipinski definition) is 1. The lowest BCUT2D eigenvalue weighted by Crippen LogP contribution is -2.60. The lowest BCUT2D eigenvalue weighted by Gasteiger charge is -2.44. The van der Waals surface area contributed by atoms with E-state index in [1.807, 2.05) is 60.7 Å². The maximum atomic E-state index is 10.8. The second-order valence-corrected chi connectivity index (χ2v) is 6.69. The second-order valence-electron chi connectivity index (χ2n) is 6.69. The third-order valence-corrected chi connectivity index (χ3v) is 4.99. The van der Waals surface area contributed by atoms with E-state index in [2.05, 4.69) is 0 Å². The van der Waals surface area contributed by atoms with Gasteiger partial charge >= 0.3 is 0 Å². The molecule has 0 bridgehead atoms. The standard InChI is InChI=1S/C20H20O6/c21-15-16-14(11-22-18(24-16)12-7-3-1-4-8-12)23-20-17(15)25-19(26-20)13-9-5-2-6-10-13/h1-10,14-21H,11H2/t14-,15-,16+,17+,18+,19+,20-/m0/s1. The number of ether oxygens (including phenoxy) is 5. The predicted molar refractivity (Wildman–Crippen MR) is 89.8 cm³/mol. The second kappa shape index (κ2) is 6.74. The summed E-state index contributed by atoms with van der Waals surface area (Å²) in [6, 6.07) is 19.3. The zero-order chi connectivity index (χ0) is 17.5. The van der Waals surface area contributed by atoms with Crippen molar-refractivity contribution in [2.45, 2.75) is 43.3 Å². The summed E-state index contributed by atoms with van der Waals surface area (Å²) >= 11 is 0. The van der Waals surface area contributed by atoms with Crippen LogP contribution in [0.25, 0.3) is 0 Å². The highest BCUT2D eigenvalue weighted by Crippen LogP contribution is 2.41. The van der Waals surface area contributed by atoms with Gasteiger partial charge in [0, 0.05) is 11.1 Å². The number of fused-ring (bicyclic) bond motifs is 2. The molecule has 6 heteroatoms. The van der Waals surface area contributed by atoms with Gasteiger partial charge in [-0.2, -0.15) is 0 Å². The minimum absolute atomic E-state index is 0.323. The maximum absolute atomic E-state index is 10.8. The summed E-state index contributed by atoms with van der Waals surface area (Å²) in [5, 5.41) is 10.8. The van der Waals surface area contributed by atoms with Crippen LogP contribution in [0.3, 0.4) is 0 Å². The monoisotopic (exact) mass is 356 g/mol. The minimum Gasteiger partial charge on any atom is -0.387 e. The Kier molecular flexibility index (Phi) is 4.24. The molecule has 0 aromatic heterocycles. The summed E-state index contributed by atoms with van der Waals surface area (Å²) in [7, 11) is 0. The first-order valence-electron chi connectivity index (χ1n) is 8.81. The van der Waals surface area contributed by atoms with Gasteiger partial charge in [0.15, 0.2) is 18.9 Å². The van der Waals surface area contributed by atoms with Crippen molar-refractivity contribution in [2.24, 2.45) is 0 Å². The quantitative estimate of drug-likeness (QED) is 0.891. The van der Waals surface area contributed by atoms with Crippen LogP contribution >= 0.6 is 0 Å². The summed E-state index contributed by atoms with van der Waals surface area (Å²) in [6.45, 7) is 0.323. The number of hydrogen-bond acceptors (Lipinski definition) is 6. The molecule has 0 unspecified atom stereocenters. The van der Waals surface area contributed by atoms with Crippen LogP contribution < -0.4 is 0 Å². The fourth-order valence-electron chi connectivity index (χ4n) is 3.66. The summed E-state index contributed by atoms with van der Waals surface area (Å²) in [5.74, 6) is 0. The lowest BCUT2D eigenvalue weighted by atomic mass is 9.98. The molecule has 3 heterocycles. The van der Waals surface area contributed by atoms with Gasteiger partial charge in [0.05, 0.1) is 6.61 Å². The van der Waals surface area contributed by atoms with E-state index in [-0.39, 0.29) is 0 Å². The minimum atomic E-state index is -0.859. The van der Waals surface area contributed by atoms with Gasteiger partial charge < -0.3 is 28.8 Å². The van der Waals surface area contributed by atoms with Gasteiger partial charge in [0.25, 0.3) is 0 Å². The molecule has 0 saturated carbocycles. The van der Waals surface area contributed by atoms with Crippen LogP contribution in [0.1, 0.15) is 23.7 Å². The van der Waals surface area contributed by atoms with Crippen LogP contribution in [-0.2, 0) is 23.7 Å². The summed E-state index contributed by atoms with van der Waals surface area (Å²) < 4.78 is 29.6. The Hall–Kier alpha value is -1.80. The smallest absolute Gasteiger partial charge is 0.190 e. The lowest BCUT2D eigenvalue weighted by molar-refractivity contribution is -0.338.